The van der Waals surface area contributed by atoms with Crippen LogP contribution in [0.5, 0.6) is 0 Å². The Bertz CT molecular complexity index is 2800. The molecule has 0 fully saturated rings. The van der Waals surface area contributed by atoms with E-state index in [9.17, 15) is 0 Å². The topological polar surface area (TPSA) is 56.5 Å². The Kier molecular flexibility index (Phi) is 6.60. The summed E-state index contributed by atoms with van der Waals surface area (Å²) in [5.41, 5.74) is 8.87. The van der Waals surface area contributed by atoms with Crippen LogP contribution in [0, 0.1) is 0 Å². The van der Waals surface area contributed by atoms with E-state index < -0.39 is 0 Å². The molecule has 0 saturated carbocycles. The predicted octanol–water partition coefficient (Wildman–Crippen LogP) is 11.4. The third-order valence-corrected chi connectivity index (χ3v) is 10.4. The molecule has 0 aliphatic rings. The van der Waals surface area contributed by atoms with Crippen LogP contribution in [0.3, 0.4) is 0 Å². The monoisotopic (exact) mass is 657 g/mol. The standard InChI is InChI=1S/C44H27N5S/c1-4-13-28(14-5-1)32-20-12-21-34-40-37(25-24-36(45-40)31-23-26-39-35(27-31)33-19-10-11-22-38(33)50-39)49(41(32)34)44-47-42(29-15-6-2-7-16-29)46-43(48-44)30-17-8-3-9-18-30/h1-27H. The first-order valence-electron chi connectivity index (χ1n) is 16.6. The molecule has 10 aromatic rings. The third-order valence-electron chi connectivity index (χ3n) is 9.27. The largest absolute Gasteiger partial charge is 0.276 e. The van der Waals surface area contributed by atoms with Gasteiger partial charge in [0.2, 0.25) is 5.95 Å². The van der Waals surface area contributed by atoms with E-state index in [1.165, 1.54) is 20.2 Å². The molecule has 0 spiro atoms. The van der Waals surface area contributed by atoms with Crippen molar-refractivity contribution in [2.45, 2.75) is 0 Å². The van der Waals surface area contributed by atoms with Gasteiger partial charge in [-0.1, -0.05) is 133 Å². The Morgan fingerprint density at radius 3 is 1.76 bits per heavy atom. The summed E-state index contributed by atoms with van der Waals surface area (Å²) in [5.74, 6) is 1.77. The molecule has 0 saturated heterocycles. The summed E-state index contributed by atoms with van der Waals surface area (Å²) in [6.45, 7) is 0. The summed E-state index contributed by atoms with van der Waals surface area (Å²) < 4.78 is 4.74. The van der Waals surface area contributed by atoms with Crippen LogP contribution in [0.1, 0.15) is 0 Å². The fourth-order valence-corrected chi connectivity index (χ4v) is 8.01. The molecule has 0 atom stereocenters. The highest BCUT2D eigenvalue weighted by molar-refractivity contribution is 7.25. The van der Waals surface area contributed by atoms with Gasteiger partial charge in [0.15, 0.2) is 11.6 Å². The van der Waals surface area contributed by atoms with Crippen LogP contribution in [0.15, 0.2) is 164 Å². The number of hydrogen-bond acceptors (Lipinski definition) is 5. The maximum absolute atomic E-state index is 5.40. The number of fused-ring (bicyclic) bond motifs is 6. The summed E-state index contributed by atoms with van der Waals surface area (Å²) in [5, 5.41) is 3.57. The zero-order chi connectivity index (χ0) is 33.0. The fourth-order valence-electron chi connectivity index (χ4n) is 6.93. The van der Waals surface area contributed by atoms with Crippen molar-refractivity contribution in [1.29, 1.82) is 0 Å². The molecule has 6 heteroatoms. The van der Waals surface area contributed by atoms with Crippen molar-refractivity contribution < 1.29 is 0 Å². The predicted molar refractivity (Wildman–Crippen MR) is 207 cm³/mol. The lowest BCUT2D eigenvalue weighted by Gasteiger charge is -2.13. The number of aromatic nitrogens is 5. The minimum Gasteiger partial charge on any atom is -0.276 e. The minimum atomic E-state index is 0.543. The molecule has 0 bridgehead atoms. The van der Waals surface area contributed by atoms with E-state index in [0.717, 1.165) is 55.4 Å². The van der Waals surface area contributed by atoms with Crippen LogP contribution >= 0.6 is 11.3 Å². The van der Waals surface area contributed by atoms with Crippen molar-refractivity contribution in [1.82, 2.24) is 24.5 Å². The normalized spacial score (nSPS) is 11.6. The molecule has 4 aromatic heterocycles. The Morgan fingerprint density at radius 2 is 1.04 bits per heavy atom. The van der Waals surface area contributed by atoms with Crippen LogP contribution in [0.2, 0.25) is 0 Å². The minimum absolute atomic E-state index is 0.543. The summed E-state index contributed by atoms with van der Waals surface area (Å²) in [6.07, 6.45) is 0. The van der Waals surface area contributed by atoms with Crippen LogP contribution in [0.25, 0.3) is 93.2 Å². The second kappa shape index (κ2) is 11.6. The molecule has 234 valence electrons. The molecular formula is C44H27N5S. The fraction of sp³-hybridized carbons (Fsp3) is 0. The van der Waals surface area contributed by atoms with Crippen molar-refractivity contribution in [2.75, 3.05) is 0 Å². The van der Waals surface area contributed by atoms with Gasteiger partial charge in [0.1, 0.15) is 0 Å². The van der Waals surface area contributed by atoms with E-state index in [-0.39, 0.29) is 0 Å². The Balaban J connectivity index is 1.26. The quantitative estimate of drug-likeness (QED) is 0.185. The van der Waals surface area contributed by atoms with E-state index in [1.54, 1.807) is 0 Å². The van der Waals surface area contributed by atoms with E-state index in [2.05, 4.69) is 102 Å². The first-order chi connectivity index (χ1) is 24.8. The van der Waals surface area contributed by atoms with E-state index in [1.807, 2.05) is 78.1 Å². The molecule has 0 unspecified atom stereocenters. The van der Waals surface area contributed by atoms with E-state index in [0.29, 0.717) is 17.6 Å². The van der Waals surface area contributed by atoms with Crippen molar-refractivity contribution >= 4 is 53.4 Å². The van der Waals surface area contributed by atoms with Gasteiger partial charge >= 0.3 is 0 Å². The van der Waals surface area contributed by atoms with Gasteiger partial charge in [-0.05, 0) is 35.9 Å². The Labute approximate surface area is 291 Å². The second-order valence-corrected chi connectivity index (χ2v) is 13.4. The number of nitrogens with zero attached hydrogens (tertiary/aromatic N) is 5. The summed E-state index contributed by atoms with van der Waals surface area (Å²) in [7, 11) is 0. The van der Waals surface area contributed by atoms with E-state index >= 15 is 0 Å². The highest BCUT2D eigenvalue weighted by Crippen LogP contribution is 2.40. The van der Waals surface area contributed by atoms with Crippen LogP contribution in [0.4, 0.5) is 0 Å². The van der Waals surface area contributed by atoms with Crippen LogP contribution < -0.4 is 0 Å². The number of benzene rings is 6. The molecule has 50 heavy (non-hydrogen) atoms. The smallest absolute Gasteiger partial charge is 0.238 e. The molecule has 4 heterocycles. The highest BCUT2D eigenvalue weighted by Gasteiger charge is 2.22. The Morgan fingerprint density at radius 1 is 0.420 bits per heavy atom. The van der Waals surface area contributed by atoms with Gasteiger partial charge in [0.05, 0.1) is 22.2 Å². The number of para-hydroxylation sites is 1. The zero-order valence-corrected chi connectivity index (χ0v) is 27.5. The number of thiophene rings is 1. The van der Waals surface area contributed by atoms with Gasteiger partial charge in [0, 0.05) is 47.8 Å². The highest BCUT2D eigenvalue weighted by atomic mass is 32.1. The number of hydrogen-bond donors (Lipinski definition) is 0. The Hall–Kier alpha value is -6.50. The lowest BCUT2D eigenvalue weighted by atomic mass is 10.0. The van der Waals surface area contributed by atoms with Gasteiger partial charge in [-0.15, -0.1) is 11.3 Å². The van der Waals surface area contributed by atoms with Crippen molar-refractivity contribution in [3.63, 3.8) is 0 Å². The molecule has 0 amide bonds. The van der Waals surface area contributed by atoms with E-state index in [4.69, 9.17) is 19.9 Å². The first-order valence-corrected chi connectivity index (χ1v) is 17.4. The van der Waals surface area contributed by atoms with Crippen LogP contribution in [-0.4, -0.2) is 24.5 Å². The molecule has 0 radical (unpaired) electrons. The maximum atomic E-state index is 5.40. The molecular weight excluding hydrogens is 631 g/mol. The van der Waals surface area contributed by atoms with Gasteiger partial charge in [-0.3, -0.25) is 4.57 Å². The molecule has 0 N–H and O–H groups in total. The summed E-state index contributed by atoms with van der Waals surface area (Å²) in [4.78, 5) is 20.7. The maximum Gasteiger partial charge on any atom is 0.238 e. The molecule has 6 aromatic carbocycles. The van der Waals surface area contributed by atoms with Gasteiger partial charge in [-0.2, -0.15) is 9.97 Å². The van der Waals surface area contributed by atoms with Crippen LogP contribution in [-0.2, 0) is 0 Å². The third kappa shape index (κ3) is 4.69. The van der Waals surface area contributed by atoms with Crippen molar-refractivity contribution in [3.05, 3.63) is 164 Å². The first kappa shape index (κ1) is 28.5. The average molecular weight is 658 g/mol. The number of rotatable bonds is 5. The average Bonchev–Trinajstić information content (AvgIpc) is 3.74. The second-order valence-electron chi connectivity index (χ2n) is 12.3. The summed E-state index contributed by atoms with van der Waals surface area (Å²) in [6, 6.07) is 56.7. The van der Waals surface area contributed by atoms with Crippen molar-refractivity contribution in [2.24, 2.45) is 0 Å². The lowest BCUT2D eigenvalue weighted by Crippen LogP contribution is -2.07. The van der Waals surface area contributed by atoms with Gasteiger partial charge in [-0.25, -0.2) is 9.97 Å². The van der Waals surface area contributed by atoms with Crippen molar-refractivity contribution in [3.8, 4) is 51.1 Å². The van der Waals surface area contributed by atoms with Gasteiger partial charge in [0.25, 0.3) is 0 Å². The van der Waals surface area contributed by atoms with Gasteiger partial charge < -0.3 is 0 Å². The SMILES string of the molecule is c1ccc(-c2nc(-c3ccccc3)nc(-n3c4ccc(-c5ccc6sc7ccccc7c6c5)nc4c4cccc(-c5ccccc5)c43)n2)cc1. The molecule has 0 aliphatic heterocycles. The number of pyridine rings is 1. The lowest BCUT2D eigenvalue weighted by molar-refractivity contribution is 0.953. The zero-order valence-electron chi connectivity index (χ0n) is 26.7. The molecule has 5 nitrogen and oxygen atoms in total. The molecule has 10 rings (SSSR count). The molecule has 0 aliphatic carbocycles. The summed E-state index contributed by atoms with van der Waals surface area (Å²) >= 11 is 1.83.